The molecule has 1 aliphatic rings. The minimum atomic E-state index is 0.242. The number of aromatic nitrogens is 2. The Balaban J connectivity index is 0.00000116. The molecule has 22 heavy (non-hydrogen) atoms. The highest BCUT2D eigenvalue weighted by Gasteiger charge is 2.24. The van der Waals surface area contributed by atoms with Gasteiger partial charge in [0.05, 0.1) is 12.6 Å². The van der Waals surface area contributed by atoms with Crippen LogP contribution in [-0.2, 0) is 11.3 Å². The Bertz CT molecular complexity index is 526. The van der Waals surface area contributed by atoms with Gasteiger partial charge in [0.15, 0.2) is 0 Å². The Hall–Kier alpha value is -1.88. The Morgan fingerprint density at radius 3 is 2.64 bits per heavy atom. The molecule has 1 aromatic rings. The van der Waals surface area contributed by atoms with Crippen molar-refractivity contribution in [2.24, 2.45) is 5.73 Å². The normalized spacial score (nSPS) is 15.7. The molecular weight excluding hydrogens is 278 g/mol. The average molecular weight is 305 g/mol. The second kappa shape index (κ2) is 9.95. The second-order valence-corrected chi connectivity index (χ2v) is 4.65. The lowest BCUT2D eigenvalue weighted by Gasteiger charge is -2.06. The third kappa shape index (κ3) is 5.85. The number of nitrogens with zero attached hydrogens (tertiary/aromatic N) is 2. The molecule has 0 bridgehead atoms. The molecule has 1 saturated carbocycles. The van der Waals surface area contributed by atoms with Gasteiger partial charge in [-0.3, -0.25) is 0 Å². The molecule has 1 aromatic heterocycles. The monoisotopic (exact) mass is 305 g/mol. The number of nitrogens with two attached hydrogens (primary N) is 1. The van der Waals surface area contributed by atoms with Gasteiger partial charge in [-0.1, -0.05) is 38.1 Å². The van der Waals surface area contributed by atoms with Crippen molar-refractivity contribution in [1.82, 2.24) is 10.1 Å². The molecule has 0 aliphatic heterocycles. The van der Waals surface area contributed by atoms with Crippen molar-refractivity contribution in [2.75, 3.05) is 0 Å². The van der Waals surface area contributed by atoms with Gasteiger partial charge in [0.2, 0.25) is 11.7 Å². The zero-order valence-electron chi connectivity index (χ0n) is 14.0. The summed E-state index contributed by atoms with van der Waals surface area (Å²) in [4.78, 5) is 4.25. The first-order chi connectivity index (χ1) is 10.8. The van der Waals surface area contributed by atoms with Gasteiger partial charge in [0.1, 0.15) is 5.76 Å². The molecule has 2 N–H and O–H groups in total. The SMILES string of the molecule is CC.C\C=C/C(=C\C(=C\CC)OC1CC1)c1noc(CN)n1. The van der Waals surface area contributed by atoms with Gasteiger partial charge in [-0.15, -0.1) is 0 Å². The van der Waals surface area contributed by atoms with Crippen molar-refractivity contribution in [3.63, 3.8) is 0 Å². The number of allylic oxidation sites excluding steroid dienone is 5. The fourth-order valence-corrected chi connectivity index (χ4v) is 1.70. The molecule has 5 heteroatoms. The fraction of sp³-hybridized carbons (Fsp3) is 0.529. The highest BCUT2D eigenvalue weighted by atomic mass is 16.5. The standard InChI is InChI=1S/C15H21N3O2.C2H6/c1-3-5-11(15-17-14(10-16)20-18-15)9-13(6-4-2)19-12-7-8-12;1-2/h3,5-6,9,12H,4,7-8,10,16H2,1-2H3;1-2H3/b5-3-,11-9+,13-6-;. The summed E-state index contributed by atoms with van der Waals surface area (Å²) in [5.74, 6) is 1.83. The lowest BCUT2D eigenvalue weighted by Crippen LogP contribution is -1.97. The fourth-order valence-electron chi connectivity index (χ4n) is 1.70. The molecule has 2 rings (SSSR count). The third-order valence-corrected chi connectivity index (χ3v) is 2.78. The highest BCUT2D eigenvalue weighted by Crippen LogP contribution is 2.28. The molecule has 0 aromatic carbocycles. The first-order valence-electron chi connectivity index (χ1n) is 8.01. The van der Waals surface area contributed by atoms with Crippen molar-refractivity contribution in [1.29, 1.82) is 0 Å². The van der Waals surface area contributed by atoms with Crippen LogP contribution in [0.15, 0.2) is 34.6 Å². The molecule has 0 amide bonds. The van der Waals surface area contributed by atoms with Crippen molar-refractivity contribution in [2.45, 2.75) is 59.6 Å². The van der Waals surface area contributed by atoms with Crippen LogP contribution in [-0.4, -0.2) is 16.2 Å². The van der Waals surface area contributed by atoms with Crippen LogP contribution in [0.3, 0.4) is 0 Å². The number of ether oxygens (including phenoxy) is 1. The van der Waals surface area contributed by atoms with E-state index < -0.39 is 0 Å². The first kappa shape index (κ1) is 18.2. The van der Waals surface area contributed by atoms with Gasteiger partial charge in [-0.05, 0) is 38.3 Å². The van der Waals surface area contributed by atoms with Crippen molar-refractivity contribution < 1.29 is 9.26 Å². The van der Waals surface area contributed by atoms with E-state index in [2.05, 4.69) is 23.1 Å². The zero-order valence-corrected chi connectivity index (χ0v) is 14.0. The van der Waals surface area contributed by atoms with E-state index in [1.807, 2.05) is 39.0 Å². The van der Waals surface area contributed by atoms with Gasteiger partial charge in [0, 0.05) is 5.57 Å². The lowest BCUT2D eigenvalue weighted by molar-refractivity contribution is 0.208. The second-order valence-electron chi connectivity index (χ2n) is 4.65. The van der Waals surface area contributed by atoms with E-state index in [0.29, 0.717) is 17.8 Å². The van der Waals surface area contributed by atoms with Gasteiger partial charge in [-0.25, -0.2) is 0 Å². The van der Waals surface area contributed by atoms with Gasteiger partial charge >= 0.3 is 0 Å². The van der Waals surface area contributed by atoms with E-state index in [0.717, 1.165) is 30.6 Å². The van der Waals surface area contributed by atoms with Crippen LogP contribution < -0.4 is 5.73 Å². The summed E-state index contributed by atoms with van der Waals surface area (Å²) in [6.07, 6.45) is 11.4. The van der Waals surface area contributed by atoms with Crippen LogP contribution >= 0.6 is 0 Å². The van der Waals surface area contributed by atoms with Gasteiger partial charge < -0.3 is 15.0 Å². The van der Waals surface area contributed by atoms with E-state index in [4.69, 9.17) is 15.0 Å². The maximum Gasteiger partial charge on any atom is 0.240 e. The number of hydrogen-bond donors (Lipinski definition) is 1. The van der Waals surface area contributed by atoms with E-state index in [-0.39, 0.29) is 6.54 Å². The Morgan fingerprint density at radius 1 is 1.41 bits per heavy atom. The van der Waals surface area contributed by atoms with E-state index in [1.54, 1.807) is 0 Å². The number of rotatable bonds is 7. The van der Waals surface area contributed by atoms with Crippen LogP contribution in [0.5, 0.6) is 0 Å². The third-order valence-electron chi connectivity index (χ3n) is 2.78. The maximum atomic E-state index is 5.87. The van der Waals surface area contributed by atoms with Crippen LogP contribution in [0.2, 0.25) is 0 Å². The molecule has 1 aliphatic carbocycles. The summed E-state index contributed by atoms with van der Waals surface area (Å²) >= 11 is 0. The van der Waals surface area contributed by atoms with Gasteiger partial charge in [-0.2, -0.15) is 4.98 Å². The Labute approximate surface area is 132 Å². The van der Waals surface area contributed by atoms with E-state index in [9.17, 15) is 0 Å². The van der Waals surface area contributed by atoms with Crippen molar-refractivity contribution >= 4 is 5.57 Å². The summed E-state index contributed by atoms with van der Waals surface area (Å²) in [5, 5.41) is 3.95. The van der Waals surface area contributed by atoms with Crippen molar-refractivity contribution in [3.8, 4) is 0 Å². The lowest BCUT2D eigenvalue weighted by atomic mass is 10.2. The molecule has 5 nitrogen and oxygen atoms in total. The minimum Gasteiger partial charge on any atom is -0.491 e. The summed E-state index contributed by atoms with van der Waals surface area (Å²) < 4.78 is 10.9. The largest absolute Gasteiger partial charge is 0.491 e. The maximum absolute atomic E-state index is 5.87. The molecule has 122 valence electrons. The quantitative estimate of drug-likeness (QED) is 0.609. The minimum absolute atomic E-state index is 0.242. The predicted octanol–water partition coefficient (Wildman–Crippen LogP) is 3.99. The zero-order chi connectivity index (χ0) is 16.4. The molecule has 0 radical (unpaired) electrons. The van der Waals surface area contributed by atoms with Crippen LogP contribution in [0.4, 0.5) is 0 Å². The first-order valence-corrected chi connectivity index (χ1v) is 8.01. The highest BCUT2D eigenvalue weighted by molar-refractivity contribution is 5.71. The van der Waals surface area contributed by atoms with Crippen LogP contribution in [0.25, 0.3) is 5.57 Å². The van der Waals surface area contributed by atoms with E-state index >= 15 is 0 Å². The summed E-state index contributed by atoms with van der Waals surface area (Å²) in [7, 11) is 0. The molecular formula is C17H27N3O2. The molecule has 0 spiro atoms. The van der Waals surface area contributed by atoms with E-state index in [1.165, 1.54) is 0 Å². The summed E-state index contributed by atoms with van der Waals surface area (Å²) in [6.45, 7) is 8.27. The summed E-state index contributed by atoms with van der Waals surface area (Å²) in [5.41, 5.74) is 6.35. The summed E-state index contributed by atoms with van der Waals surface area (Å²) in [6, 6.07) is 0. The molecule has 1 heterocycles. The number of hydrogen-bond acceptors (Lipinski definition) is 5. The molecule has 0 atom stereocenters. The predicted molar refractivity (Wildman–Crippen MR) is 88.8 cm³/mol. The topological polar surface area (TPSA) is 74.2 Å². The molecule has 1 fully saturated rings. The Morgan fingerprint density at radius 2 is 2.14 bits per heavy atom. The average Bonchev–Trinajstić information content (AvgIpc) is 3.22. The smallest absolute Gasteiger partial charge is 0.240 e. The molecule has 0 saturated heterocycles. The van der Waals surface area contributed by atoms with Crippen molar-refractivity contribution in [3.05, 3.63) is 41.8 Å². The van der Waals surface area contributed by atoms with Gasteiger partial charge in [0.25, 0.3) is 0 Å². The molecule has 0 unspecified atom stereocenters. The Kier molecular flexibility index (Phi) is 8.22. The van der Waals surface area contributed by atoms with Crippen LogP contribution in [0.1, 0.15) is 58.7 Å². The van der Waals surface area contributed by atoms with Crippen LogP contribution in [0, 0.1) is 0 Å².